The fraction of sp³-hybridized carbons (Fsp3) is 0.308. The normalized spacial score (nSPS) is 9.12. The lowest BCUT2D eigenvalue weighted by Gasteiger charge is -2.08. The molecule has 1 aromatic rings. The molecule has 4 nitrogen and oxygen atoms in total. The van der Waals surface area contributed by atoms with Crippen molar-refractivity contribution in [1.82, 2.24) is 0 Å². The van der Waals surface area contributed by atoms with E-state index in [9.17, 15) is 4.79 Å². The van der Waals surface area contributed by atoms with Crippen LogP contribution in [0.25, 0.3) is 0 Å². The summed E-state index contributed by atoms with van der Waals surface area (Å²) < 4.78 is 5.12. The number of carbonyl (C=O) groups excluding carboxylic acids is 1. The van der Waals surface area contributed by atoms with Gasteiger partial charge in [0, 0.05) is 18.9 Å². The number of nitrogens with one attached hydrogen (secondary N) is 1. The molecular formula is C13H15NO3. The van der Waals surface area contributed by atoms with E-state index >= 15 is 0 Å². The van der Waals surface area contributed by atoms with Crippen LogP contribution in [0.4, 0.5) is 5.69 Å². The van der Waals surface area contributed by atoms with Gasteiger partial charge >= 0.3 is 0 Å². The third-order valence-electron chi connectivity index (χ3n) is 1.98. The number of rotatable bonds is 3. The number of benzene rings is 1. The van der Waals surface area contributed by atoms with Crippen molar-refractivity contribution in [3.63, 3.8) is 0 Å². The standard InChI is InChI=1S/C13H15NO3/c1-10(16)14-12-9-11(5-3-4-8-15)6-7-13(12)17-2/h6-7,9,15H,4,8H2,1-2H3,(H,14,16). The van der Waals surface area contributed by atoms with E-state index < -0.39 is 0 Å². The van der Waals surface area contributed by atoms with Crippen LogP contribution < -0.4 is 10.1 Å². The van der Waals surface area contributed by atoms with Crippen LogP contribution in [0.2, 0.25) is 0 Å². The number of aliphatic hydroxyl groups is 1. The van der Waals surface area contributed by atoms with Gasteiger partial charge in [0.2, 0.25) is 5.91 Å². The Morgan fingerprint density at radius 1 is 1.53 bits per heavy atom. The van der Waals surface area contributed by atoms with Crippen molar-refractivity contribution in [2.24, 2.45) is 0 Å². The van der Waals surface area contributed by atoms with E-state index in [0.717, 1.165) is 5.56 Å². The lowest BCUT2D eigenvalue weighted by Crippen LogP contribution is -2.07. The molecule has 0 fully saturated rings. The van der Waals surface area contributed by atoms with Gasteiger partial charge < -0.3 is 15.2 Å². The molecular weight excluding hydrogens is 218 g/mol. The first kappa shape index (κ1) is 13.1. The van der Waals surface area contributed by atoms with Crippen LogP contribution in [0, 0.1) is 11.8 Å². The molecule has 2 N–H and O–H groups in total. The third kappa shape index (κ3) is 4.17. The van der Waals surface area contributed by atoms with Gasteiger partial charge in [0.25, 0.3) is 0 Å². The van der Waals surface area contributed by atoms with Crippen molar-refractivity contribution in [3.8, 4) is 17.6 Å². The highest BCUT2D eigenvalue weighted by molar-refractivity contribution is 5.90. The fourth-order valence-corrected chi connectivity index (χ4v) is 1.29. The highest BCUT2D eigenvalue weighted by Crippen LogP contribution is 2.25. The Labute approximate surface area is 101 Å². The Bertz CT molecular complexity index is 457. The molecule has 0 heterocycles. The molecule has 0 atom stereocenters. The summed E-state index contributed by atoms with van der Waals surface area (Å²) in [6.07, 6.45) is 0.432. The van der Waals surface area contributed by atoms with Gasteiger partial charge in [-0.3, -0.25) is 4.79 Å². The van der Waals surface area contributed by atoms with Gasteiger partial charge in [-0.2, -0.15) is 0 Å². The van der Waals surface area contributed by atoms with Crippen molar-refractivity contribution in [1.29, 1.82) is 0 Å². The van der Waals surface area contributed by atoms with E-state index in [1.807, 2.05) is 0 Å². The molecule has 4 heteroatoms. The second kappa shape index (κ2) is 6.56. The van der Waals surface area contributed by atoms with Crippen molar-refractivity contribution in [2.45, 2.75) is 13.3 Å². The molecule has 0 radical (unpaired) electrons. The molecule has 1 aromatic carbocycles. The quantitative estimate of drug-likeness (QED) is 0.775. The predicted octanol–water partition coefficient (Wildman–Crippen LogP) is 1.39. The fourth-order valence-electron chi connectivity index (χ4n) is 1.29. The number of amides is 1. The van der Waals surface area contributed by atoms with E-state index in [-0.39, 0.29) is 12.5 Å². The van der Waals surface area contributed by atoms with Crippen molar-refractivity contribution < 1.29 is 14.6 Å². The summed E-state index contributed by atoms with van der Waals surface area (Å²) in [6.45, 7) is 1.48. The number of ether oxygens (including phenoxy) is 1. The molecule has 1 amide bonds. The van der Waals surface area contributed by atoms with E-state index in [2.05, 4.69) is 17.2 Å². The van der Waals surface area contributed by atoms with Crippen LogP contribution in [0.5, 0.6) is 5.75 Å². The predicted molar refractivity (Wildman–Crippen MR) is 65.9 cm³/mol. The average Bonchev–Trinajstić information content (AvgIpc) is 2.29. The lowest BCUT2D eigenvalue weighted by molar-refractivity contribution is -0.114. The van der Waals surface area contributed by atoms with Crippen LogP contribution in [-0.2, 0) is 4.79 Å². The van der Waals surface area contributed by atoms with E-state index in [0.29, 0.717) is 17.9 Å². The Morgan fingerprint density at radius 2 is 2.29 bits per heavy atom. The zero-order valence-corrected chi connectivity index (χ0v) is 9.91. The zero-order valence-electron chi connectivity index (χ0n) is 9.91. The number of aliphatic hydroxyl groups excluding tert-OH is 1. The lowest BCUT2D eigenvalue weighted by atomic mass is 10.2. The van der Waals surface area contributed by atoms with E-state index in [1.165, 1.54) is 14.0 Å². The summed E-state index contributed by atoms with van der Waals surface area (Å²) >= 11 is 0. The minimum absolute atomic E-state index is 0.0434. The van der Waals surface area contributed by atoms with Crippen molar-refractivity contribution in [3.05, 3.63) is 23.8 Å². The van der Waals surface area contributed by atoms with Gasteiger partial charge in [-0.05, 0) is 18.2 Å². The summed E-state index contributed by atoms with van der Waals surface area (Å²) in [5.41, 5.74) is 1.36. The monoisotopic (exact) mass is 233 g/mol. The van der Waals surface area contributed by atoms with Gasteiger partial charge in [-0.25, -0.2) is 0 Å². The molecule has 0 saturated carbocycles. The molecule has 0 saturated heterocycles. The second-order valence-corrected chi connectivity index (χ2v) is 3.37. The smallest absolute Gasteiger partial charge is 0.221 e. The van der Waals surface area contributed by atoms with Gasteiger partial charge in [-0.1, -0.05) is 11.8 Å². The van der Waals surface area contributed by atoms with Crippen LogP contribution in [0.1, 0.15) is 18.9 Å². The van der Waals surface area contributed by atoms with Crippen LogP contribution in [-0.4, -0.2) is 24.7 Å². The molecule has 17 heavy (non-hydrogen) atoms. The number of carbonyl (C=O) groups is 1. The Hall–Kier alpha value is -1.99. The summed E-state index contributed by atoms with van der Waals surface area (Å²) in [6, 6.07) is 5.29. The summed E-state index contributed by atoms with van der Waals surface area (Å²) in [5.74, 6) is 6.14. The maximum Gasteiger partial charge on any atom is 0.221 e. The molecule has 0 aromatic heterocycles. The zero-order chi connectivity index (χ0) is 12.7. The van der Waals surface area contributed by atoms with E-state index in [4.69, 9.17) is 9.84 Å². The maximum atomic E-state index is 11.0. The third-order valence-corrected chi connectivity index (χ3v) is 1.98. The Morgan fingerprint density at radius 3 is 2.88 bits per heavy atom. The van der Waals surface area contributed by atoms with Gasteiger partial charge in [-0.15, -0.1) is 0 Å². The molecule has 0 aliphatic rings. The highest BCUT2D eigenvalue weighted by atomic mass is 16.5. The van der Waals surface area contributed by atoms with Crippen LogP contribution >= 0.6 is 0 Å². The molecule has 0 bridgehead atoms. The SMILES string of the molecule is COc1ccc(C#CCCO)cc1NC(C)=O. The Balaban J connectivity index is 2.97. The van der Waals surface area contributed by atoms with Crippen molar-refractivity contribution in [2.75, 3.05) is 19.0 Å². The molecule has 0 unspecified atom stereocenters. The Kier molecular flexibility index (Phi) is 5.05. The largest absolute Gasteiger partial charge is 0.495 e. The average molecular weight is 233 g/mol. The first-order chi connectivity index (χ1) is 8.17. The minimum atomic E-state index is -0.163. The van der Waals surface area contributed by atoms with Crippen LogP contribution in [0.3, 0.4) is 0 Å². The summed E-state index contributed by atoms with van der Waals surface area (Å²) in [7, 11) is 1.54. The van der Waals surface area contributed by atoms with Gasteiger partial charge in [0.05, 0.1) is 19.4 Å². The van der Waals surface area contributed by atoms with Gasteiger partial charge in [0.1, 0.15) is 5.75 Å². The second-order valence-electron chi connectivity index (χ2n) is 3.37. The summed E-state index contributed by atoms with van der Waals surface area (Å²) in [5, 5.41) is 11.3. The molecule has 0 aliphatic carbocycles. The molecule has 0 aliphatic heterocycles. The minimum Gasteiger partial charge on any atom is -0.495 e. The molecule has 90 valence electrons. The number of anilines is 1. The van der Waals surface area contributed by atoms with E-state index in [1.54, 1.807) is 18.2 Å². The van der Waals surface area contributed by atoms with Gasteiger partial charge in [0.15, 0.2) is 0 Å². The summed E-state index contributed by atoms with van der Waals surface area (Å²) in [4.78, 5) is 11.0. The number of hydrogen-bond donors (Lipinski definition) is 2. The first-order valence-electron chi connectivity index (χ1n) is 5.22. The highest BCUT2D eigenvalue weighted by Gasteiger charge is 2.04. The topological polar surface area (TPSA) is 58.6 Å². The number of methoxy groups -OCH3 is 1. The maximum absolute atomic E-state index is 11.0. The first-order valence-corrected chi connectivity index (χ1v) is 5.22. The number of hydrogen-bond acceptors (Lipinski definition) is 3. The van der Waals surface area contributed by atoms with Crippen LogP contribution in [0.15, 0.2) is 18.2 Å². The molecule has 1 rings (SSSR count). The van der Waals surface area contributed by atoms with Crippen molar-refractivity contribution >= 4 is 11.6 Å². The molecule has 0 spiro atoms.